The highest BCUT2D eigenvalue weighted by molar-refractivity contribution is 6.52. The Morgan fingerprint density at radius 2 is 1.73 bits per heavy atom. The molecule has 0 saturated carbocycles. The Bertz CT molecular complexity index is 420. The fourth-order valence-corrected chi connectivity index (χ4v) is 2.64. The van der Waals surface area contributed by atoms with E-state index in [-0.39, 0.29) is 0 Å². The van der Waals surface area contributed by atoms with E-state index < -0.39 is 0 Å². The van der Waals surface area contributed by atoms with Gasteiger partial charge < -0.3 is 0 Å². The van der Waals surface area contributed by atoms with Crippen LogP contribution in [0.1, 0.15) is 11.1 Å². The van der Waals surface area contributed by atoms with Gasteiger partial charge in [0.1, 0.15) is 0 Å². The molecule has 2 aromatic rings. The fraction of sp³-hybridized carbons (Fsp3) is 0.143. The van der Waals surface area contributed by atoms with Gasteiger partial charge in [-0.3, -0.25) is 0 Å². The summed E-state index contributed by atoms with van der Waals surface area (Å²) in [6.45, 7) is 2.15. The van der Waals surface area contributed by atoms with E-state index in [1.165, 1.54) is 16.3 Å². The Balaban J connectivity index is 1.99. The Morgan fingerprint density at radius 3 is 2.47 bits per heavy atom. The maximum absolute atomic E-state index is 2.27. The molecular weight excluding hydrogens is 196 g/mol. The Morgan fingerprint density at radius 1 is 0.933 bits per heavy atom. The molecule has 0 spiro atoms. The average Bonchev–Trinajstić information content (AvgIpc) is 2.28. The van der Waals surface area contributed by atoms with Gasteiger partial charge in [0.2, 0.25) is 0 Å². The molecule has 2 radical (unpaired) electrons. The minimum atomic E-state index is 0.878. The van der Waals surface area contributed by atoms with Gasteiger partial charge in [0.25, 0.3) is 0 Å². The maximum atomic E-state index is 2.27. The highest BCUT2D eigenvalue weighted by atomic mass is 28.2. The molecule has 74 valence electrons. The van der Waals surface area contributed by atoms with Crippen molar-refractivity contribution in [1.29, 1.82) is 0 Å². The summed E-state index contributed by atoms with van der Waals surface area (Å²) < 4.78 is 0. The summed E-state index contributed by atoms with van der Waals surface area (Å²) in [7, 11) is 0.878. The van der Waals surface area contributed by atoms with E-state index in [1.54, 1.807) is 0 Å². The number of hydrogen-bond acceptors (Lipinski definition) is 0. The summed E-state index contributed by atoms with van der Waals surface area (Å²) in [6.07, 6.45) is 0. The van der Waals surface area contributed by atoms with Gasteiger partial charge in [0.05, 0.1) is 9.52 Å². The monoisotopic (exact) mass is 210 g/mol. The molecule has 0 aromatic heterocycles. The van der Waals surface area contributed by atoms with E-state index >= 15 is 0 Å². The van der Waals surface area contributed by atoms with E-state index in [2.05, 4.69) is 61.5 Å². The highest BCUT2D eigenvalue weighted by Crippen LogP contribution is 2.03. The van der Waals surface area contributed by atoms with E-state index in [1.807, 2.05) is 0 Å². The van der Waals surface area contributed by atoms with Crippen LogP contribution in [-0.2, 0) is 6.04 Å². The lowest BCUT2D eigenvalue weighted by atomic mass is 10.2. The van der Waals surface area contributed by atoms with Gasteiger partial charge >= 0.3 is 0 Å². The van der Waals surface area contributed by atoms with Crippen LogP contribution in [-0.4, -0.2) is 9.52 Å². The second kappa shape index (κ2) is 4.94. The first-order chi connectivity index (χ1) is 7.34. The summed E-state index contributed by atoms with van der Waals surface area (Å²) >= 11 is 0. The van der Waals surface area contributed by atoms with Crippen molar-refractivity contribution >= 4 is 14.7 Å². The predicted molar refractivity (Wildman–Crippen MR) is 66.7 cm³/mol. The molecule has 15 heavy (non-hydrogen) atoms. The Kier molecular flexibility index (Phi) is 3.35. The van der Waals surface area contributed by atoms with Crippen molar-refractivity contribution in [2.75, 3.05) is 0 Å². The molecule has 0 bridgehead atoms. The normalized spacial score (nSPS) is 10.2. The molecule has 0 aliphatic heterocycles. The summed E-state index contributed by atoms with van der Waals surface area (Å²) in [5.74, 6) is 0. The van der Waals surface area contributed by atoms with Crippen LogP contribution in [0.15, 0.2) is 54.6 Å². The third kappa shape index (κ3) is 3.06. The van der Waals surface area contributed by atoms with Crippen LogP contribution >= 0.6 is 0 Å². The second-order valence-corrected chi connectivity index (χ2v) is 4.99. The molecule has 2 rings (SSSR count). The minimum absolute atomic E-state index is 0.878. The van der Waals surface area contributed by atoms with Gasteiger partial charge in [-0.05, 0) is 13.0 Å². The smallest absolute Gasteiger partial charge is 0.0639 e. The van der Waals surface area contributed by atoms with Crippen LogP contribution in [0.5, 0.6) is 0 Å². The topological polar surface area (TPSA) is 0 Å². The zero-order valence-electron chi connectivity index (χ0n) is 8.90. The molecule has 1 heteroatoms. The Hall–Kier alpha value is -1.34. The predicted octanol–water partition coefficient (Wildman–Crippen LogP) is 2.52. The third-order valence-corrected chi connectivity index (χ3v) is 3.68. The standard InChI is InChI=1S/C14H14Si/c1-12-6-5-7-13(10-12)11-15-14-8-3-2-4-9-14/h2-10H,11H2,1H3. The molecule has 0 fully saturated rings. The molecule has 0 unspecified atom stereocenters. The fourth-order valence-electron chi connectivity index (χ4n) is 1.58. The third-order valence-electron chi connectivity index (χ3n) is 2.35. The summed E-state index contributed by atoms with van der Waals surface area (Å²) in [5, 5.41) is 1.44. The molecule has 0 aliphatic rings. The summed E-state index contributed by atoms with van der Waals surface area (Å²) in [6, 6.07) is 20.6. The zero-order valence-corrected chi connectivity index (χ0v) is 9.90. The van der Waals surface area contributed by atoms with E-state index in [9.17, 15) is 0 Å². The average molecular weight is 210 g/mol. The van der Waals surface area contributed by atoms with Gasteiger partial charge in [0.15, 0.2) is 0 Å². The molecule has 0 heterocycles. The largest absolute Gasteiger partial charge is 0.0855 e. The quantitative estimate of drug-likeness (QED) is 0.683. The lowest BCUT2D eigenvalue weighted by molar-refractivity contribution is 1.34. The lowest BCUT2D eigenvalue weighted by Gasteiger charge is -2.01. The van der Waals surface area contributed by atoms with Crippen LogP contribution in [0, 0.1) is 6.92 Å². The lowest BCUT2D eigenvalue weighted by Crippen LogP contribution is -2.15. The van der Waals surface area contributed by atoms with Crippen molar-refractivity contribution in [2.24, 2.45) is 0 Å². The van der Waals surface area contributed by atoms with Crippen molar-refractivity contribution in [3.63, 3.8) is 0 Å². The maximum Gasteiger partial charge on any atom is 0.0855 e. The number of benzene rings is 2. The molecule has 0 atom stereocenters. The van der Waals surface area contributed by atoms with Gasteiger partial charge in [-0.25, -0.2) is 0 Å². The molecule has 0 aliphatic carbocycles. The van der Waals surface area contributed by atoms with Crippen molar-refractivity contribution in [2.45, 2.75) is 13.0 Å². The zero-order chi connectivity index (χ0) is 10.5. The number of rotatable bonds is 3. The second-order valence-electron chi connectivity index (χ2n) is 3.71. The van der Waals surface area contributed by atoms with Gasteiger partial charge in [-0.1, -0.05) is 70.9 Å². The first-order valence-corrected chi connectivity index (χ1v) is 6.40. The van der Waals surface area contributed by atoms with Crippen LogP contribution in [0.2, 0.25) is 0 Å². The van der Waals surface area contributed by atoms with Gasteiger partial charge in [0, 0.05) is 0 Å². The van der Waals surface area contributed by atoms with E-state index in [0.717, 1.165) is 15.6 Å². The first kappa shape index (κ1) is 10.2. The van der Waals surface area contributed by atoms with Crippen LogP contribution in [0.25, 0.3) is 0 Å². The number of aryl methyl sites for hydroxylation is 1. The summed E-state index contributed by atoms with van der Waals surface area (Å²) in [4.78, 5) is 0. The Labute approximate surface area is 93.8 Å². The van der Waals surface area contributed by atoms with E-state index in [0.29, 0.717) is 0 Å². The molecular formula is C14H14Si. The minimum Gasteiger partial charge on any atom is -0.0639 e. The van der Waals surface area contributed by atoms with Crippen molar-refractivity contribution in [3.05, 3.63) is 65.7 Å². The highest BCUT2D eigenvalue weighted by Gasteiger charge is 1.96. The molecule has 0 amide bonds. The SMILES string of the molecule is Cc1cccc(C[Si]c2ccccc2)c1. The van der Waals surface area contributed by atoms with Crippen LogP contribution < -0.4 is 5.19 Å². The summed E-state index contributed by atoms with van der Waals surface area (Å²) in [5.41, 5.74) is 2.79. The first-order valence-electron chi connectivity index (χ1n) is 5.19. The van der Waals surface area contributed by atoms with Gasteiger partial charge in [-0.2, -0.15) is 0 Å². The number of hydrogen-bond donors (Lipinski definition) is 0. The molecule has 0 N–H and O–H groups in total. The van der Waals surface area contributed by atoms with Crippen molar-refractivity contribution < 1.29 is 0 Å². The molecule has 0 nitrogen and oxygen atoms in total. The van der Waals surface area contributed by atoms with Gasteiger partial charge in [-0.15, -0.1) is 0 Å². The van der Waals surface area contributed by atoms with Crippen molar-refractivity contribution in [3.8, 4) is 0 Å². The molecule has 0 saturated heterocycles. The van der Waals surface area contributed by atoms with Crippen LogP contribution in [0.3, 0.4) is 0 Å². The molecule has 2 aromatic carbocycles. The van der Waals surface area contributed by atoms with Crippen molar-refractivity contribution in [1.82, 2.24) is 0 Å². The van der Waals surface area contributed by atoms with Crippen LogP contribution in [0.4, 0.5) is 0 Å². The van der Waals surface area contributed by atoms with E-state index in [4.69, 9.17) is 0 Å².